The van der Waals surface area contributed by atoms with Gasteiger partial charge in [0.2, 0.25) is 0 Å². The number of nitrogens with one attached hydrogen (secondary N) is 1. The number of rotatable bonds is 5. The number of aryl methyl sites for hydroxylation is 1. The minimum Gasteiger partial charge on any atom is -0.504 e. The Kier molecular flexibility index (Phi) is 5.58. The zero-order chi connectivity index (χ0) is 17.5. The zero-order valence-corrected chi connectivity index (χ0v) is 13.5. The summed E-state index contributed by atoms with van der Waals surface area (Å²) >= 11 is 0. The van der Waals surface area contributed by atoms with Gasteiger partial charge in [-0.15, -0.1) is 0 Å². The number of carbonyl (C=O) groups is 1. The maximum absolute atomic E-state index is 12.2. The number of benzene rings is 2. The van der Waals surface area contributed by atoms with Gasteiger partial charge in [-0.2, -0.15) is 5.26 Å². The van der Waals surface area contributed by atoms with E-state index < -0.39 is 5.91 Å². The minimum absolute atomic E-state index is 0.0564. The van der Waals surface area contributed by atoms with E-state index in [0.29, 0.717) is 17.0 Å². The fraction of sp³-hybridized carbons (Fsp3) is 0.158. The van der Waals surface area contributed by atoms with E-state index in [4.69, 9.17) is 4.74 Å². The first-order valence-electron chi connectivity index (χ1n) is 7.46. The zero-order valence-electron chi connectivity index (χ0n) is 13.5. The molecular formula is C19H18N2O3. The van der Waals surface area contributed by atoms with Crippen molar-refractivity contribution in [2.45, 2.75) is 13.3 Å². The number of nitrogens with zero attached hydrogens (tertiary/aromatic N) is 1. The number of carbonyl (C=O) groups excluding carboxylic acids is 1. The van der Waals surface area contributed by atoms with E-state index in [9.17, 15) is 15.2 Å². The fourth-order valence-electron chi connectivity index (χ4n) is 2.13. The number of ether oxygens (including phenoxy) is 1. The van der Waals surface area contributed by atoms with Crippen LogP contribution in [-0.2, 0) is 11.2 Å². The third-order valence-electron chi connectivity index (χ3n) is 3.50. The summed E-state index contributed by atoms with van der Waals surface area (Å²) in [5.41, 5.74) is 2.26. The van der Waals surface area contributed by atoms with Crippen LogP contribution in [0.3, 0.4) is 0 Å². The molecule has 2 N–H and O–H groups in total. The normalized spacial score (nSPS) is 10.8. The van der Waals surface area contributed by atoms with Gasteiger partial charge < -0.3 is 15.2 Å². The molecule has 0 saturated heterocycles. The summed E-state index contributed by atoms with van der Waals surface area (Å²) in [4.78, 5) is 12.2. The quantitative estimate of drug-likeness (QED) is 0.652. The second-order valence-electron chi connectivity index (χ2n) is 5.11. The summed E-state index contributed by atoms with van der Waals surface area (Å²) in [5, 5.41) is 21.7. The number of methoxy groups -OCH3 is 1. The summed E-state index contributed by atoms with van der Waals surface area (Å²) in [6.45, 7) is 2.05. The van der Waals surface area contributed by atoms with Gasteiger partial charge in [0.1, 0.15) is 11.6 Å². The Balaban J connectivity index is 2.18. The smallest absolute Gasteiger partial charge is 0.266 e. The molecule has 2 rings (SSSR count). The molecule has 0 saturated carbocycles. The number of phenols is 1. The van der Waals surface area contributed by atoms with Crippen molar-refractivity contribution < 1.29 is 14.6 Å². The molecular weight excluding hydrogens is 304 g/mol. The van der Waals surface area contributed by atoms with Crippen LogP contribution in [0.5, 0.6) is 11.5 Å². The predicted molar refractivity (Wildman–Crippen MR) is 92.7 cm³/mol. The van der Waals surface area contributed by atoms with Gasteiger partial charge in [0, 0.05) is 5.69 Å². The van der Waals surface area contributed by atoms with Crippen LogP contribution >= 0.6 is 0 Å². The van der Waals surface area contributed by atoms with Crippen molar-refractivity contribution in [3.63, 3.8) is 0 Å². The average Bonchev–Trinajstić information content (AvgIpc) is 2.60. The first-order valence-corrected chi connectivity index (χ1v) is 7.46. The van der Waals surface area contributed by atoms with Crippen molar-refractivity contribution in [2.75, 3.05) is 12.4 Å². The number of amides is 1. The van der Waals surface area contributed by atoms with Gasteiger partial charge in [-0.05, 0) is 47.9 Å². The van der Waals surface area contributed by atoms with Gasteiger partial charge in [-0.1, -0.05) is 25.1 Å². The van der Waals surface area contributed by atoms with Crippen LogP contribution < -0.4 is 10.1 Å². The van der Waals surface area contributed by atoms with Gasteiger partial charge in [-0.3, -0.25) is 4.79 Å². The second-order valence-corrected chi connectivity index (χ2v) is 5.11. The van der Waals surface area contributed by atoms with Crippen LogP contribution in [0, 0.1) is 11.3 Å². The molecule has 0 aliphatic heterocycles. The Morgan fingerprint density at radius 2 is 2.00 bits per heavy atom. The lowest BCUT2D eigenvalue weighted by Crippen LogP contribution is -2.13. The van der Waals surface area contributed by atoms with Gasteiger partial charge in [0.25, 0.3) is 5.91 Å². The minimum atomic E-state index is -0.503. The molecule has 5 heteroatoms. The molecule has 1 amide bonds. The fourth-order valence-corrected chi connectivity index (χ4v) is 2.13. The molecule has 0 radical (unpaired) electrons. The number of aromatic hydroxyl groups is 1. The predicted octanol–water partition coefficient (Wildman–Crippen LogP) is 3.51. The lowest BCUT2D eigenvalue weighted by molar-refractivity contribution is -0.112. The Labute approximate surface area is 140 Å². The van der Waals surface area contributed by atoms with E-state index >= 15 is 0 Å². The van der Waals surface area contributed by atoms with Crippen LogP contribution in [0.4, 0.5) is 5.69 Å². The Morgan fingerprint density at radius 1 is 1.29 bits per heavy atom. The van der Waals surface area contributed by atoms with Crippen LogP contribution in [0.25, 0.3) is 6.08 Å². The van der Waals surface area contributed by atoms with Gasteiger partial charge >= 0.3 is 0 Å². The second kappa shape index (κ2) is 7.84. The number of nitriles is 1. The maximum Gasteiger partial charge on any atom is 0.266 e. The van der Waals surface area contributed by atoms with Gasteiger partial charge in [0.15, 0.2) is 11.5 Å². The number of anilines is 1. The topological polar surface area (TPSA) is 82.4 Å². The molecule has 0 fully saturated rings. The van der Waals surface area contributed by atoms with Crippen molar-refractivity contribution in [3.8, 4) is 17.6 Å². The van der Waals surface area contributed by atoms with E-state index in [1.165, 1.54) is 19.3 Å². The van der Waals surface area contributed by atoms with E-state index in [-0.39, 0.29) is 11.3 Å². The van der Waals surface area contributed by atoms with Crippen LogP contribution in [0.15, 0.2) is 48.0 Å². The van der Waals surface area contributed by atoms with Crippen LogP contribution in [-0.4, -0.2) is 18.1 Å². The largest absolute Gasteiger partial charge is 0.504 e. The standard InChI is InChI=1S/C19H18N2O3/c1-3-13-4-7-16(8-5-13)21-19(23)15(12-20)10-14-6-9-18(24-2)17(22)11-14/h4-11,22H,3H2,1-2H3,(H,21,23)/b15-10+. The third kappa shape index (κ3) is 4.14. The summed E-state index contributed by atoms with van der Waals surface area (Å²) < 4.78 is 4.96. The lowest BCUT2D eigenvalue weighted by atomic mass is 10.1. The number of phenolic OH excluding ortho intramolecular Hbond substituents is 1. The summed E-state index contributed by atoms with van der Waals surface area (Å²) in [6, 6.07) is 14.0. The first kappa shape index (κ1) is 17.1. The Hall–Kier alpha value is -3.26. The highest BCUT2D eigenvalue weighted by Crippen LogP contribution is 2.27. The van der Waals surface area contributed by atoms with E-state index in [1.54, 1.807) is 24.3 Å². The lowest BCUT2D eigenvalue weighted by Gasteiger charge is -2.06. The molecule has 0 unspecified atom stereocenters. The molecule has 0 aromatic heterocycles. The van der Waals surface area contributed by atoms with Crippen molar-refractivity contribution >= 4 is 17.7 Å². The molecule has 0 spiro atoms. The number of hydrogen-bond donors (Lipinski definition) is 2. The highest BCUT2D eigenvalue weighted by molar-refractivity contribution is 6.09. The van der Waals surface area contributed by atoms with Crippen LogP contribution in [0.2, 0.25) is 0 Å². The Morgan fingerprint density at radius 3 is 2.54 bits per heavy atom. The highest BCUT2D eigenvalue weighted by Gasteiger charge is 2.10. The molecule has 0 heterocycles. The molecule has 0 aliphatic carbocycles. The molecule has 5 nitrogen and oxygen atoms in total. The summed E-state index contributed by atoms with van der Waals surface area (Å²) in [7, 11) is 1.45. The molecule has 0 aliphatic rings. The molecule has 122 valence electrons. The SMILES string of the molecule is CCc1ccc(NC(=O)/C(C#N)=C/c2ccc(OC)c(O)c2)cc1. The van der Waals surface area contributed by atoms with Gasteiger partial charge in [0.05, 0.1) is 7.11 Å². The highest BCUT2D eigenvalue weighted by atomic mass is 16.5. The monoisotopic (exact) mass is 322 g/mol. The molecule has 24 heavy (non-hydrogen) atoms. The summed E-state index contributed by atoms with van der Waals surface area (Å²) in [6.07, 6.45) is 2.33. The van der Waals surface area contributed by atoms with Crippen molar-refractivity contribution in [3.05, 3.63) is 59.2 Å². The first-order chi connectivity index (χ1) is 11.6. The van der Waals surface area contributed by atoms with Crippen LogP contribution in [0.1, 0.15) is 18.1 Å². The maximum atomic E-state index is 12.2. The van der Waals surface area contributed by atoms with Crippen molar-refractivity contribution in [1.82, 2.24) is 0 Å². The van der Waals surface area contributed by atoms with Crippen molar-refractivity contribution in [1.29, 1.82) is 5.26 Å². The molecule has 2 aromatic carbocycles. The van der Waals surface area contributed by atoms with Crippen molar-refractivity contribution in [2.24, 2.45) is 0 Å². The van der Waals surface area contributed by atoms with Gasteiger partial charge in [-0.25, -0.2) is 0 Å². The Bertz CT molecular complexity index is 802. The molecule has 0 bridgehead atoms. The molecule has 0 atom stereocenters. The van der Waals surface area contributed by atoms with E-state index in [0.717, 1.165) is 12.0 Å². The number of hydrogen-bond acceptors (Lipinski definition) is 4. The molecule has 2 aromatic rings. The van der Waals surface area contributed by atoms with E-state index in [2.05, 4.69) is 5.32 Å². The average molecular weight is 322 g/mol. The van der Waals surface area contributed by atoms with E-state index in [1.807, 2.05) is 25.1 Å². The third-order valence-corrected chi connectivity index (χ3v) is 3.50. The summed E-state index contributed by atoms with van der Waals surface area (Å²) in [5.74, 6) is -0.234.